The van der Waals surface area contributed by atoms with Crippen LogP contribution in [0, 0.1) is 0 Å². The fourth-order valence-electron chi connectivity index (χ4n) is 2.42. The minimum atomic E-state index is -0.802. The van der Waals surface area contributed by atoms with Gasteiger partial charge in [0.2, 0.25) is 5.82 Å². The number of pyridine rings is 1. The third-order valence-electron chi connectivity index (χ3n) is 3.77. The maximum atomic E-state index is 12.0. The Kier molecular flexibility index (Phi) is 5.30. The summed E-state index contributed by atoms with van der Waals surface area (Å²) in [5.74, 6) is 0.100. The Labute approximate surface area is 167 Å². The molecule has 2 heterocycles. The Balaban J connectivity index is 2.03. The SMILES string of the molecule is CC(C)n1cc(Oc2c(Cl)cc(-n3nc(N)c(=O)[nH]c3=O)cc2Cl)ccc1=O. The number of nitrogens with zero attached hydrogens (tertiary/aromatic N) is 3. The van der Waals surface area contributed by atoms with Crippen molar-refractivity contribution in [3.63, 3.8) is 0 Å². The van der Waals surface area contributed by atoms with Crippen molar-refractivity contribution in [2.45, 2.75) is 19.9 Å². The standard InChI is InChI=1S/C17H15Cl2N5O4/c1-8(2)23-7-10(3-4-13(23)25)28-14-11(18)5-9(6-12(14)19)24-17(27)21-16(26)15(20)22-24/h3-8H,1-2H3,(H2,20,22)(H,21,26,27). The Bertz CT molecular complexity index is 1210. The smallest absolute Gasteiger partial charge is 0.349 e. The molecule has 0 spiro atoms. The van der Waals surface area contributed by atoms with Crippen molar-refractivity contribution < 1.29 is 4.74 Å². The van der Waals surface area contributed by atoms with Gasteiger partial charge >= 0.3 is 5.69 Å². The summed E-state index contributed by atoms with van der Waals surface area (Å²) >= 11 is 12.5. The Hall–Kier alpha value is -3.04. The number of nitrogen functional groups attached to an aromatic ring is 1. The summed E-state index contributed by atoms with van der Waals surface area (Å²) < 4.78 is 8.09. The molecule has 9 nitrogen and oxygen atoms in total. The number of nitrogens with two attached hydrogens (primary N) is 1. The zero-order valence-corrected chi connectivity index (χ0v) is 16.3. The molecule has 146 valence electrons. The van der Waals surface area contributed by atoms with Gasteiger partial charge in [0, 0.05) is 12.1 Å². The summed E-state index contributed by atoms with van der Waals surface area (Å²) in [4.78, 5) is 37.2. The normalized spacial score (nSPS) is 11.0. The quantitative estimate of drug-likeness (QED) is 0.663. The zero-order valence-electron chi connectivity index (χ0n) is 14.8. The van der Waals surface area contributed by atoms with Gasteiger partial charge < -0.3 is 15.0 Å². The number of ether oxygens (including phenoxy) is 1. The predicted molar refractivity (Wildman–Crippen MR) is 106 cm³/mol. The van der Waals surface area contributed by atoms with E-state index in [1.165, 1.54) is 28.8 Å². The third kappa shape index (κ3) is 3.80. The lowest BCUT2D eigenvalue weighted by molar-refractivity contribution is 0.465. The van der Waals surface area contributed by atoms with E-state index in [4.69, 9.17) is 33.7 Å². The molecule has 0 saturated carbocycles. The molecule has 0 unspecified atom stereocenters. The van der Waals surface area contributed by atoms with Crippen molar-refractivity contribution in [3.8, 4) is 17.2 Å². The van der Waals surface area contributed by atoms with Crippen LogP contribution < -0.4 is 27.3 Å². The summed E-state index contributed by atoms with van der Waals surface area (Å²) in [5.41, 5.74) is 3.87. The van der Waals surface area contributed by atoms with Crippen LogP contribution >= 0.6 is 23.2 Å². The van der Waals surface area contributed by atoms with Gasteiger partial charge in [-0.15, -0.1) is 5.10 Å². The molecule has 28 heavy (non-hydrogen) atoms. The van der Waals surface area contributed by atoms with Crippen LogP contribution in [-0.2, 0) is 0 Å². The number of benzene rings is 1. The van der Waals surface area contributed by atoms with E-state index in [1.807, 2.05) is 18.8 Å². The monoisotopic (exact) mass is 423 g/mol. The largest absolute Gasteiger partial charge is 0.453 e. The number of H-pyrrole nitrogens is 1. The zero-order chi connectivity index (χ0) is 20.6. The van der Waals surface area contributed by atoms with Crippen molar-refractivity contribution in [2.24, 2.45) is 0 Å². The summed E-state index contributed by atoms with van der Waals surface area (Å²) in [6.45, 7) is 3.72. The Morgan fingerprint density at radius 2 is 1.79 bits per heavy atom. The first-order valence-electron chi connectivity index (χ1n) is 8.06. The molecule has 0 aliphatic carbocycles. The van der Waals surface area contributed by atoms with Crippen LogP contribution in [0.4, 0.5) is 5.82 Å². The number of aromatic amines is 1. The average Bonchev–Trinajstić information content (AvgIpc) is 2.62. The fourth-order valence-corrected chi connectivity index (χ4v) is 2.97. The lowest BCUT2D eigenvalue weighted by atomic mass is 10.3. The molecule has 3 aromatic rings. The van der Waals surface area contributed by atoms with Crippen LogP contribution in [0.25, 0.3) is 5.69 Å². The lowest BCUT2D eigenvalue weighted by Gasteiger charge is -2.14. The first kappa shape index (κ1) is 19.7. The van der Waals surface area contributed by atoms with Gasteiger partial charge in [-0.25, -0.2) is 4.79 Å². The number of hydrogen-bond donors (Lipinski definition) is 2. The molecule has 0 radical (unpaired) electrons. The van der Waals surface area contributed by atoms with Gasteiger partial charge in [0.05, 0.1) is 21.9 Å². The second-order valence-corrected chi connectivity index (χ2v) is 6.92. The molecule has 0 aliphatic heterocycles. The fraction of sp³-hybridized carbons (Fsp3) is 0.176. The summed E-state index contributed by atoms with van der Waals surface area (Å²) in [6.07, 6.45) is 1.54. The maximum absolute atomic E-state index is 12.0. The van der Waals surface area contributed by atoms with E-state index in [-0.39, 0.29) is 38.9 Å². The second kappa shape index (κ2) is 7.53. The summed E-state index contributed by atoms with van der Waals surface area (Å²) in [6, 6.07) is 5.57. The molecule has 0 amide bonds. The van der Waals surface area contributed by atoms with Crippen molar-refractivity contribution in [3.05, 3.63) is 71.7 Å². The van der Waals surface area contributed by atoms with Gasteiger partial charge in [0.25, 0.3) is 11.1 Å². The van der Waals surface area contributed by atoms with Crippen molar-refractivity contribution >= 4 is 29.0 Å². The molecule has 0 saturated heterocycles. The molecule has 2 aromatic heterocycles. The van der Waals surface area contributed by atoms with E-state index in [0.717, 1.165) is 4.68 Å². The Morgan fingerprint density at radius 3 is 2.39 bits per heavy atom. The molecule has 11 heteroatoms. The lowest BCUT2D eigenvalue weighted by Crippen LogP contribution is -2.33. The first-order chi connectivity index (χ1) is 13.2. The number of rotatable bonds is 4. The van der Waals surface area contributed by atoms with E-state index in [9.17, 15) is 14.4 Å². The second-order valence-electron chi connectivity index (χ2n) is 6.10. The summed E-state index contributed by atoms with van der Waals surface area (Å²) in [7, 11) is 0. The van der Waals surface area contributed by atoms with E-state index in [2.05, 4.69) is 5.10 Å². The highest BCUT2D eigenvalue weighted by atomic mass is 35.5. The highest BCUT2D eigenvalue weighted by molar-refractivity contribution is 6.37. The van der Waals surface area contributed by atoms with E-state index in [0.29, 0.717) is 5.75 Å². The van der Waals surface area contributed by atoms with Crippen LogP contribution in [0.3, 0.4) is 0 Å². The molecular weight excluding hydrogens is 409 g/mol. The molecule has 0 aliphatic rings. The summed E-state index contributed by atoms with van der Waals surface area (Å²) in [5, 5.41) is 3.89. The predicted octanol–water partition coefficient (Wildman–Crippen LogP) is 2.34. The van der Waals surface area contributed by atoms with Crippen molar-refractivity contribution in [1.29, 1.82) is 0 Å². The highest BCUT2D eigenvalue weighted by Gasteiger charge is 2.15. The number of halogens is 2. The van der Waals surface area contributed by atoms with E-state index >= 15 is 0 Å². The molecule has 3 rings (SSSR count). The van der Waals surface area contributed by atoms with Crippen LogP contribution in [0.5, 0.6) is 11.5 Å². The van der Waals surface area contributed by atoms with E-state index < -0.39 is 11.2 Å². The third-order valence-corrected chi connectivity index (χ3v) is 4.33. The van der Waals surface area contributed by atoms with Gasteiger partial charge in [-0.2, -0.15) is 4.68 Å². The van der Waals surface area contributed by atoms with Crippen molar-refractivity contribution in [2.75, 3.05) is 5.73 Å². The van der Waals surface area contributed by atoms with Gasteiger partial charge in [0.15, 0.2) is 5.75 Å². The molecule has 0 atom stereocenters. The number of hydrogen-bond acceptors (Lipinski definition) is 6. The average molecular weight is 424 g/mol. The minimum absolute atomic E-state index is 0.0620. The van der Waals surface area contributed by atoms with Crippen molar-refractivity contribution in [1.82, 2.24) is 19.3 Å². The molecule has 3 N–H and O–H groups in total. The first-order valence-corrected chi connectivity index (χ1v) is 8.81. The Morgan fingerprint density at radius 1 is 1.14 bits per heavy atom. The maximum Gasteiger partial charge on any atom is 0.349 e. The highest BCUT2D eigenvalue weighted by Crippen LogP contribution is 2.37. The van der Waals surface area contributed by atoms with Crippen LogP contribution in [-0.4, -0.2) is 19.3 Å². The molecule has 0 bridgehead atoms. The van der Waals surface area contributed by atoms with Crippen LogP contribution in [0.1, 0.15) is 19.9 Å². The molecule has 1 aromatic carbocycles. The van der Waals surface area contributed by atoms with Gasteiger partial charge in [0.1, 0.15) is 5.75 Å². The van der Waals surface area contributed by atoms with Gasteiger partial charge in [-0.3, -0.25) is 14.6 Å². The number of nitrogens with one attached hydrogen (secondary N) is 1. The van der Waals surface area contributed by atoms with Gasteiger partial charge in [-0.05, 0) is 32.0 Å². The number of aromatic nitrogens is 4. The van der Waals surface area contributed by atoms with Gasteiger partial charge in [-0.1, -0.05) is 23.2 Å². The van der Waals surface area contributed by atoms with E-state index in [1.54, 1.807) is 6.20 Å². The number of anilines is 1. The van der Waals surface area contributed by atoms with Crippen LogP contribution in [0.2, 0.25) is 10.0 Å². The molecular formula is C17H15Cl2N5O4. The minimum Gasteiger partial charge on any atom is -0.453 e. The topological polar surface area (TPSA) is 125 Å². The molecule has 0 fully saturated rings. The van der Waals surface area contributed by atoms with Crippen LogP contribution in [0.15, 0.2) is 44.8 Å².